The molecule has 0 spiro atoms. The van der Waals surface area contributed by atoms with Crippen LogP contribution < -0.4 is 5.73 Å². The number of rotatable bonds is 4. The lowest BCUT2D eigenvalue weighted by molar-refractivity contribution is -0.168. The molecule has 18 heavy (non-hydrogen) atoms. The standard InChI is InChI=1S/C12H13F4NO/c1-7(12(14,15)16)4-11(18)9-3-2-8(6-17)5-10(9)13/h2-3,5,7H,4,6,17H2,1H3/t7-/m0/s1. The summed E-state index contributed by atoms with van der Waals surface area (Å²) in [5.74, 6) is -3.49. The molecule has 1 rings (SSSR count). The van der Waals surface area contributed by atoms with Crippen molar-refractivity contribution in [3.8, 4) is 0 Å². The highest BCUT2D eigenvalue weighted by atomic mass is 19.4. The maximum absolute atomic E-state index is 13.5. The maximum atomic E-state index is 13.5. The Bertz CT molecular complexity index is 442. The molecule has 0 amide bonds. The van der Waals surface area contributed by atoms with Gasteiger partial charge in [-0.25, -0.2) is 4.39 Å². The zero-order valence-electron chi connectivity index (χ0n) is 9.72. The summed E-state index contributed by atoms with van der Waals surface area (Å²) < 4.78 is 50.3. The Hall–Kier alpha value is -1.43. The van der Waals surface area contributed by atoms with E-state index >= 15 is 0 Å². The molecule has 0 heterocycles. The molecule has 0 fully saturated rings. The van der Waals surface area contributed by atoms with E-state index in [0.717, 1.165) is 13.0 Å². The number of alkyl halides is 3. The molecule has 0 saturated carbocycles. The van der Waals surface area contributed by atoms with Gasteiger partial charge in [0.1, 0.15) is 5.82 Å². The number of nitrogens with two attached hydrogens (primary N) is 1. The molecular weight excluding hydrogens is 250 g/mol. The predicted octanol–water partition coefficient (Wildman–Crippen LogP) is 3.06. The molecule has 0 radical (unpaired) electrons. The molecule has 0 aliphatic heterocycles. The molecule has 0 aliphatic carbocycles. The number of Topliss-reactive ketones (excluding diaryl/α,β-unsaturated/α-hetero) is 1. The summed E-state index contributed by atoms with van der Waals surface area (Å²) in [4.78, 5) is 11.6. The van der Waals surface area contributed by atoms with Gasteiger partial charge in [0.15, 0.2) is 5.78 Å². The van der Waals surface area contributed by atoms with Crippen molar-refractivity contribution in [2.75, 3.05) is 0 Å². The van der Waals surface area contributed by atoms with Crippen molar-refractivity contribution in [3.05, 3.63) is 35.1 Å². The summed E-state index contributed by atoms with van der Waals surface area (Å²) in [6.45, 7) is 0.994. The molecule has 6 heteroatoms. The van der Waals surface area contributed by atoms with Gasteiger partial charge in [-0.15, -0.1) is 0 Å². The topological polar surface area (TPSA) is 43.1 Å². The second-order valence-corrected chi connectivity index (χ2v) is 4.09. The molecule has 0 aromatic heterocycles. The van der Waals surface area contributed by atoms with Gasteiger partial charge in [0, 0.05) is 13.0 Å². The van der Waals surface area contributed by atoms with Crippen LogP contribution in [-0.2, 0) is 6.54 Å². The number of hydrogen-bond donors (Lipinski definition) is 1. The molecule has 2 nitrogen and oxygen atoms in total. The first-order valence-corrected chi connectivity index (χ1v) is 5.34. The van der Waals surface area contributed by atoms with Gasteiger partial charge in [0.2, 0.25) is 0 Å². The number of benzene rings is 1. The van der Waals surface area contributed by atoms with Crippen LogP contribution >= 0.6 is 0 Å². The Labute approximate surface area is 102 Å². The van der Waals surface area contributed by atoms with Crippen LogP contribution in [0.5, 0.6) is 0 Å². The van der Waals surface area contributed by atoms with E-state index in [1.54, 1.807) is 0 Å². The molecule has 2 N–H and O–H groups in total. The van der Waals surface area contributed by atoms with Crippen molar-refractivity contribution in [3.63, 3.8) is 0 Å². The van der Waals surface area contributed by atoms with Gasteiger partial charge in [-0.05, 0) is 17.7 Å². The Kier molecular flexibility index (Phi) is 4.45. The van der Waals surface area contributed by atoms with Crippen LogP contribution in [0.4, 0.5) is 17.6 Å². The fourth-order valence-corrected chi connectivity index (χ4v) is 1.42. The molecule has 0 bridgehead atoms. The molecule has 0 aliphatic rings. The average Bonchev–Trinajstić information content (AvgIpc) is 2.27. The van der Waals surface area contributed by atoms with Crippen molar-refractivity contribution < 1.29 is 22.4 Å². The lowest BCUT2D eigenvalue weighted by Gasteiger charge is -2.14. The largest absolute Gasteiger partial charge is 0.391 e. The second-order valence-electron chi connectivity index (χ2n) is 4.09. The molecule has 1 aromatic rings. The van der Waals surface area contributed by atoms with Gasteiger partial charge in [0.05, 0.1) is 11.5 Å². The van der Waals surface area contributed by atoms with E-state index in [9.17, 15) is 22.4 Å². The Balaban J connectivity index is 2.85. The molecule has 0 saturated heterocycles. The summed E-state index contributed by atoms with van der Waals surface area (Å²) in [5, 5.41) is 0. The zero-order valence-corrected chi connectivity index (χ0v) is 9.72. The first-order chi connectivity index (χ1) is 8.25. The number of hydrogen-bond acceptors (Lipinski definition) is 2. The van der Waals surface area contributed by atoms with E-state index in [1.165, 1.54) is 12.1 Å². The first kappa shape index (κ1) is 14.6. The van der Waals surface area contributed by atoms with E-state index in [0.29, 0.717) is 5.56 Å². The molecule has 0 unspecified atom stereocenters. The quantitative estimate of drug-likeness (QED) is 0.670. The first-order valence-electron chi connectivity index (χ1n) is 5.34. The van der Waals surface area contributed by atoms with Gasteiger partial charge in [0.25, 0.3) is 0 Å². The smallest absolute Gasteiger partial charge is 0.326 e. The van der Waals surface area contributed by atoms with Gasteiger partial charge >= 0.3 is 6.18 Å². The minimum Gasteiger partial charge on any atom is -0.326 e. The minimum absolute atomic E-state index is 0.102. The van der Waals surface area contributed by atoms with Crippen LogP contribution in [0.3, 0.4) is 0 Å². The van der Waals surface area contributed by atoms with Crippen LogP contribution in [0, 0.1) is 11.7 Å². The van der Waals surface area contributed by atoms with Crippen LogP contribution in [0.2, 0.25) is 0 Å². The van der Waals surface area contributed by atoms with Gasteiger partial charge < -0.3 is 5.73 Å². The number of halogens is 4. The highest BCUT2D eigenvalue weighted by Gasteiger charge is 2.37. The Morgan fingerprint density at radius 3 is 2.44 bits per heavy atom. The predicted molar refractivity (Wildman–Crippen MR) is 58.5 cm³/mol. The van der Waals surface area contributed by atoms with E-state index < -0.39 is 30.1 Å². The van der Waals surface area contributed by atoms with Crippen molar-refractivity contribution in [1.82, 2.24) is 0 Å². The monoisotopic (exact) mass is 263 g/mol. The fraction of sp³-hybridized carbons (Fsp3) is 0.417. The van der Waals surface area contributed by atoms with Crippen molar-refractivity contribution in [2.24, 2.45) is 11.7 Å². The summed E-state index contributed by atoms with van der Waals surface area (Å²) in [6.07, 6.45) is -5.22. The third kappa shape index (κ3) is 3.53. The van der Waals surface area contributed by atoms with Crippen molar-refractivity contribution in [1.29, 1.82) is 0 Å². The van der Waals surface area contributed by atoms with Gasteiger partial charge in [-0.1, -0.05) is 13.0 Å². The summed E-state index contributed by atoms with van der Waals surface area (Å²) in [5.41, 5.74) is 5.43. The fourth-order valence-electron chi connectivity index (χ4n) is 1.42. The molecule has 1 aromatic carbocycles. The number of carbonyl (C=O) groups is 1. The van der Waals surface area contributed by atoms with Gasteiger partial charge in [-0.3, -0.25) is 4.79 Å². The summed E-state index contributed by atoms with van der Waals surface area (Å²) in [6, 6.07) is 3.66. The Morgan fingerprint density at radius 2 is 2.00 bits per heavy atom. The van der Waals surface area contributed by atoms with E-state index in [-0.39, 0.29) is 12.1 Å². The second kappa shape index (κ2) is 5.48. The number of carbonyl (C=O) groups excluding carboxylic acids is 1. The van der Waals surface area contributed by atoms with E-state index in [4.69, 9.17) is 5.73 Å². The lowest BCUT2D eigenvalue weighted by Crippen LogP contribution is -2.23. The van der Waals surface area contributed by atoms with Crippen LogP contribution in [0.1, 0.15) is 29.3 Å². The Morgan fingerprint density at radius 1 is 1.39 bits per heavy atom. The molecule has 100 valence electrons. The van der Waals surface area contributed by atoms with E-state index in [1.807, 2.05) is 0 Å². The number of ketones is 1. The molecule has 1 atom stereocenters. The highest BCUT2D eigenvalue weighted by Crippen LogP contribution is 2.29. The van der Waals surface area contributed by atoms with Crippen LogP contribution in [0.15, 0.2) is 18.2 Å². The average molecular weight is 263 g/mol. The minimum atomic E-state index is -4.46. The zero-order chi connectivity index (χ0) is 13.9. The third-order valence-corrected chi connectivity index (χ3v) is 2.62. The third-order valence-electron chi connectivity index (χ3n) is 2.62. The lowest BCUT2D eigenvalue weighted by atomic mass is 9.98. The van der Waals surface area contributed by atoms with Crippen molar-refractivity contribution >= 4 is 5.78 Å². The maximum Gasteiger partial charge on any atom is 0.391 e. The summed E-state index contributed by atoms with van der Waals surface area (Å²) >= 11 is 0. The van der Waals surface area contributed by atoms with Crippen LogP contribution in [0.25, 0.3) is 0 Å². The summed E-state index contributed by atoms with van der Waals surface area (Å²) in [7, 11) is 0. The van der Waals surface area contributed by atoms with E-state index in [2.05, 4.69) is 0 Å². The molecular formula is C12H13F4NO. The van der Waals surface area contributed by atoms with Crippen LogP contribution in [-0.4, -0.2) is 12.0 Å². The van der Waals surface area contributed by atoms with Crippen molar-refractivity contribution in [2.45, 2.75) is 26.1 Å². The van der Waals surface area contributed by atoms with Gasteiger partial charge in [-0.2, -0.15) is 13.2 Å². The normalized spacial score (nSPS) is 13.4. The highest BCUT2D eigenvalue weighted by molar-refractivity contribution is 5.96. The SMILES string of the molecule is C[C@@H](CC(=O)c1ccc(CN)cc1F)C(F)(F)F.